The van der Waals surface area contributed by atoms with Gasteiger partial charge in [0.15, 0.2) is 17.3 Å². The normalized spacial score (nSPS) is 11.1. The highest BCUT2D eigenvalue weighted by Gasteiger charge is 2.16. The number of amides is 1. The molecule has 1 N–H and O–H groups in total. The van der Waals surface area contributed by atoms with Gasteiger partial charge in [-0.2, -0.15) is 0 Å². The van der Waals surface area contributed by atoms with Crippen LogP contribution in [0, 0.1) is 6.92 Å². The lowest BCUT2D eigenvalue weighted by molar-refractivity contribution is 0.0921. The molecule has 0 bridgehead atoms. The number of rotatable bonds is 11. The number of furan rings is 1. The first-order valence-electron chi connectivity index (χ1n) is 11.3. The predicted molar refractivity (Wildman–Crippen MR) is 130 cm³/mol. The molecule has 0 aliphatic rings. The van der Waals surface area contributed by atoms with Crippen molar-refractivity contribution in [2.75, 3.05) is 20.8 Å². The zero-order chi connectivity index (χ0) is 23.8. The Balaban J connectivity index is 1.54. The van der Waals surface area contributed by atoms with Crippen LogP contribution in [0.3, 0.4) is 0 Å². The molecule has 0 aliphatic heterocycles. The molecule has 176 valence electrons. The van der Waals surface area contributed by atoms with E-state index < -0.39 is 0 Å². The molecule has 0 aliphatic carbocycles. The Morgan fingerprint density at radius 3 is 2.30 bits per heavy atom. The summed E-state index contributed by atoms with van der Waals surface area (Å²) in [5.74, 6) is 2.26. The lowest BCUT2D eigenvalue weighted by Crippen LogP contribution is -2.29. The fraction of sp³-hybridized carbons (Fsp3) is 0.370. The van der Waals surface area contributed by atoms with Gasteiger partial charge < -0.3 is 19.2 Å². The molecule has 3 aromatic rings. The van der Waals surface area contributed by atoms with E-state index in [4.69, 9.17) is 13.9 Å². The minimum atomic E-state index is -0.212. The second-order valence-electron chi connectivity index (χ2n) is 8.45. The number of nitrogens with one attached hydrogen (secondary N) is 1. The molecule has 33 heavy (non-hydrogen) atoms. The molecule has 3 rings (SSSR count). The Morgan fingerprint density at radius 2 is 1.64 bits per heavy atom. The van der Waals surface area contributed by atoms with Crippen molar-refractivity contribution in [3.8, 4) is 11.5 Å². The second kappa shape index (κ2) is 11.6. The van der Waals surface area contributed by atoms with Gasteiger partial charge in [-0.3, -0.25) is 9.69 Å². The van der Waals surface area contributed by atoms with Crippen LogP contribution in [0.25, 0.3) is 0 Å². The lowest BCUT2D eigenvalue weighted by atomic mass is 10.1. The standard InChI is InChI=1S/C27H34N2O4/c1-19(2)29(17-22-8-6-20(3)7-9-22)18-23-11-13-25(33-23)27(30)28-15-14-21-10-12-24(31-4)26(16-21)32-5/h6-13,16,19H,14-15,17-18H2,1-5H3,(H,28,30). The number of hydrogen-bond acceptors (Lipinski definition) is 5. The van der Waals surface area contributed by atoms with Gasteiger partial charge in [0.1, 0.15) is 5.76 Å². The first kappa shape index (κ1) is 24.4. The summed E-state index contributed by atoms with van der Waals surface area (Å²) in [5.41, 5.74) is 3.56. The molecule has 0 radical (unpaired) electrons. The molecule has 0 spiro atoms. The molecule has 0 saturated carbocycles. The second-order valence-corrected chi connectivity index (χ2v) is 8.45. The van der Waals surface area contributed by atoms with Crippen LogP contribution >= 0.6 is 0 Å². The molecule has 2 aromatic carbocycles. The van der Waals surface area contributed by atoms with Crippen LogP contribution < -0.4 is 14.8 Å². The number of methoxy groups -OCH3 is 2. The number of ether oxygens (including phenoxy) is 2. The zero-order valence-corrected chi connectivity index (χ0v) is 20.2. The van der Waals surface area contributed by atoms with Crippen LogP contribution in [0.15, 0.2) is 59.0 Å². The summed E-state index contributed by atoms with van der Waals surface area (Å²) in [7, 11) is 3.22. The molecule has 1 amide bonds. The highest BCUT2D eigenvalue weighted by Crippen LogP contribution is 2.27. The lowest BCUT2D eigenvalue weighted by Gasteiger charge is -2.25. The monoisotopic (exact) mass is 450 g/mol. The number of carbonyl (C=O) groups is 1. The third-order valence-corrected chi connectivity index (χ3v) is 5.63. The third-order valence-electron chi connectivity index (χ3n) is 5.63. The maximum absolute atomic E-state index is 12.6. The van der Waals surface area contributed by atoms with Gasteiger partial charge in [-0.15, -0.1) is 0 Å². The van der Waals surface area contributed by atoms with Crippen LogP contribution in [0.1, 0.15) is 46.9 Å². The summed E-state index contributed by atoms with van der Waals surface area (Å²) in [4.78, 5) is 14.9. The number of aryl methyl sites for hydroxylation is 1. The van der Waals surface area contributed by atoms with Crippen molar-refractivity contribution in [2.24, 2.45) is 0 Å². The van der Waals surface area contributed by atoms with Gasteiger partial charge in [-0.25, -0.2) is 0 Å². The van der Waals surface area contributed by atoms with Crippen molar-refractivity contribution >= 4 is 5.91 Å². The first-order valence-corrected chi connectivity index (χ1v) is 11.3. The smallest absolute Gasteiger partial charge is 0.287 e. The Labute approximate surface area is 196 Å². The van der Waals surface area contributed by atoms with Crippen LogP contribution in [-0.2, 0) is 19.5 Å². The van der Waals surface area contributed by atoms with E-state index in [9.17, 15) is 4.79 Å². The molecule has 0 saturated heterocycles. The van der Waals surface area contributed by atoms with E-state index in [0.717, 1.165) is 17.9 Å². The summed E-state index contributed by atoms with van der Waals surface area (Å²) in [5, 5.41) is 2.93. The average molecular weight is 451 g/mol. The Morgan fingerprint density at radius 1 is 0.939 bits per heavy atom. The number of hydrogen-bond donors (Lipinski definition) is 1. The topological polar surface area (TPSA) is 63.9 Å². The van der Waals surface area contributed by atoms with Crippen LogP contribution in [-0.4, -0.2) is 37.6 Å². The summed E-state index contributed by atoms with van der Waals surface area (Å²) in [6.07, 6.45) is 0.678. The van der Waals surface area contributed by atoms with E-state index >= 15 is 0 Å². The minimum Gasteiger partial charge on any atom is -0.493 e. The minimum absolute atomic E-state index is 0.212. The van der Waals surface area contributed by atoms with E-state index in [2.05, 4.69) is 55.3 Å². The van der Waals surface area contributed by atoms with Gasteiger partial charge in [0.05, 0.1) is 20.8 Å². The SMILES string of the molecule is COc1ccc(CCNC(=O)c2ccc(CN(Cc3ccc(C)cc3)C(C)C)o2)cc1OC. The van der Waals surface area contributed by atoms with Crippen molar-refractivity contribution in [1.82, 2.24) is 10.2 Å². The van der Waals surface area contributed by atoms with E-state index in [1.54, 1.807) is 20.3 Å². The highest BCUT2D eigenvalue weighted by atomic mass is 16.5. The third kappa shape index (κ3) is 6.86. The maximum Gasteiger partial charge on any atom is 0.287 e. The van der Waals surface area contributed by atoms with Crippen molar-refractivity contribution < 1.29 is 18.7 Å². The van der Waals surface area contributed by atoms with Crippen molar-refractivity contribution in [3.05, 3.63) is 82.8 Å². The molecule has 0 fully saturated rings. The summed E-state index contributed by atoms with van der Waals surface area (Å²) in [6, 6.07) is 18.3. The molecule has 6 nitrogen and oxygen atoms in total. The Hall–Kier alpha value is -3.25. The van der Waals surface area contributed by atoms with E-state index in [0.29, 0.717) is 42.8 Å². The van der Waals surface area contributed by atoms with Crippen LogP contribution in [0.5, 0.6) is 11.5 Å². The largest absolute Gasteiger partial charge is 0.493 e. The molecule has 0 atom stereocenters. The molecule has 6 heteroatoms. The summed E-state index contributed by atoms with van der Waals surface area (Å²) < 4.78 is 16.5. The van der Waals surface area contributed by atoms with E-state index in [1.807, 2.05) is 24.3 Å². The average Bonchev–Trinajstić information content (AvgIpc) is 3.28. The fourth-order valence-electron chi connectivity index (χ4n) is 3.58. The van der Waals surface area contributed by atoms with Crippen molar-refractivity contribution in [2.45, 2.75) is 46.3 Å². The predicted octanol–water partition coefficient (Wildman–Crippen LogP) is 4.99. The van der Waals surface area contributed by atoms with Gasteiger partial charge >= 0.3 is 0 Å². The molecular weight excluding hydrogens is 416 g/mol. The Kier molecular flexibility index (Phi) is 8.55. The summed E-state index contributed by atoms with van der Waals surface area (Å²) >= 11 is 0. The van der Waals surface area contributed by atoms with Gasteiger partial charge in [-0.05, 0) is 62.6 Å². The maximum atomic E-state index is 12.6. The van der Waals surface area contributed by atoms with Crippen LogP contribution in [0.4, 0.5) is 0 Å². The van der Waals surface area contributed by atoms with Crippen molar-refractivity contribution in [3.63, 3.8) is 0 Å². The van der Waals surface area contributed by atoms with Gasteiger partial charge in [-0.1, -0.05) is 35.9 Å². The molecular formula is C27H34N2O4. The van der Waals surface area contributed by atoms with E-state index in [-0.39, 0.29) is 5.91 Å². The van der Waals surface area contributed by atoms with Crippen LogP contribution in [0.2, 0.25) is 0 Å². The quantitative estimate of drug-likeness (QED) is 0.446. The van der Waals surface area contributed by atoms with E-state index in [1.165, 1.54) is 11.1 Å². The number of nitrogens with zero attached hydrogens (tertiary/aromatic N) is 1. The van der Waals surface area contributed by atoms with Gasteiger partial charge in [0.25, 0.3) is 5.91 Å². The molecule has 1 heterocycles. The van der Waals surface area contributed by atoms with Crippen molar-refractivity contribution in [1.29, 1.82) is 0 Å². The number of carbonyl (C=O) groups excluding carboxylic acids is 1. The fourth-order valence-corrected chi connectivity index (χ4v) is 3.58. The van der Waals surface area contributed by atoms with Gasteiger partial charge in [0, 0.05) is 19.1 Å². The highest BCUT2D eigenvalue weighted by molar-refractivity contribution is 5.91. The zero-order valence-electron chi connectivity index (χ0n) is 20.2. The number of benzene rings is 2. The Bertz CT molecular complexity index is 1040. The van der Waals surface area contributed by atoms with Gasteiger partial charge in [0.2, 0.25) is 0 Å². The first-order chi connectivity index (χ1) is 15.9. The molecule has 1 aromatic heterocycles. The molecule has 0 unspecified atom stereocenters. The summed E-state index contributed by atoms with van der Waals surface area (Å²) in [6.45, 7) is 8.39.